The Morgan fingerprint density at radius 1 is 1.55 bits per heavy atom. The highest BCUT2D eigenvalue weighted by Gasteiger charge is 2.52. The van der Waals surface area contributed by atoms with Gasteiger partial charge in [-0.2, -0.15) is 0 Å². The van der Waals surface area contributed by atoms with Crippen molar-refractivity contribution in [2.75, 3.05) is 11.1 Å². The van der Waals surface area contributed by atoms with E-state index in [0.717, 1.165) is 17.8 Å². The molecule has 0 bridgehead atoms. The normalized spacial score (nSPS) is 28.8. The predicted molar refractivity (Wildman–Crippen MR) is 78.6 cm³/mol. The second kappa shape index (κ2) is 5.00. The maximum absolute atomic E-state index is 12.4. The van der Waals surface area contributed by atoms with Gasteiger partial charge in [-0.05, 0) is 19.8 Å². The third-order valence-electron chi connectivity index (χ3n) is 3.75. The maximum atomic E-state index is 12.4. The number of nitrogens with zero attached hydrogens (tertiary/aromatic N) is 3. The van der Waals surface area contributed by atoms with Crippen LogP contribution in [0.15, 0.2) is 0 Å². The summed E-state index contributed by atoms with van der Waals surface area (Å²) in [4.78, 5) is 25.9. The summed E-state index contributed by atoms with van der Waals surface area (Å²) in [6, 6.07) is -0.394. The second-order valence-corrected chi connectivity index (χ2v) is 7.67. The van der Waals surface area contributed by atoms with Gasteiger partial charge >= 0.3 is 0 Å². The molecular formula is C12H16N4O2S2. The van der Waals surface area contributed by atoms with Gasteiger partial charge in [-0.1, -0.05) is 18.3 Å². The van der Waals surface area contributed by atoms with Gasteiger partial charge in [-0.3, -0.25) is 14.9 Å². The molecule has 1 aromatic heterocycles. The maximum Gasteiger partial charge on any atom is 0.249 e. The molecule has 0 saturated carbocycles. The molecule has 0 unspecified atom stereocenters. The van der Waals surface area contributed by atoms with E-state index in [2.05, 4.69) is 15.5 Å². The van der Waals surface area contributed by atoms with Crippen LogP contribution in [0.1, 0.15) is 31.7 Å². The summed E-state index contributed by atoms with van der Waals surface area (Å²) in [7, 11) is 0. The zero-order valence-corrected chi connectivity index (χ0v) is 13.0. The molecule has 2 atom stereocenters. The molecule has 6 nitrogen and oxygen atoms in total. The molecule has 0 aromatic carbocycles. The van der Waals surface area contributed by atoms with Gasteiger partial charge in [-0.15, -0.1) is 22.0 Å². The summed E-state index contributed by atoms with van der Waals surface area (Å²) < 4.78 is 0. The molecule has 0 spiro atoms. The van der Waals surface area contributed by atoms with Gasteiger partial charge in [0.15, 0.2) is 0 Å². The Morgan fingerprint density at radius 3 is 3.05 bits per heavy atom. The number of anilines is 1. The van der Waals surface area contributed by atoms with E-state index >= 15 is 0 Å². The Balaban J connectivity index is 1.73. The minimum Gasteiger partial charge on any atom is -0.315 e. The predicted octanol–water partition coefficient (Wildman–Crippen LogP) is 1.49. The molecule has 108 valence electrons. The van der Waals surface area contributed by atoms with Crippen molar-refractivity contribution >= 4 is 40.0 Å². The number of carbonyl (C=O) groups is 2. The van der Waals surface area contributed by atoms with Crippen molar-refractivity contribution in [3.8, 4) is 0 Å². The number of aromatic nitrogens is 2. The van der Waals surface area contributed by atoms with Crippen molar-refractivity contribution in [1.82, 2.24) is 15.1 Å². The monoisotopic (exact) mass is 312 g/mol. The Kier molecular flexibility index (Phi) is 3.45. The van der Waals surface area contributed by atoms with Crippen LogP contribution >= 0.6 is 23.1 Å². The number of nitrogens with one attached hydrogen (secondary N) is 1. The molecule has 2 fully saturated rings. The molecular weight excluding hydrogens is 296 g/mol. The quantitative estimate of drug-likeness (QED) is 0.915. The third-order valence-corrected chi connectivity index (χ3v) is 6.24. The first-order valence-corrected chi connectivity index (χ1v) is 8.43. The Labute approximate surface area is 125 Å². The van der Waals surface area contributed by atoms with E-state index in [0.29, 0.717) is 17.3 Å². The molecule has 3 heterocycles. The van der Waals surface area contributed by atoms with Crippen LogP contribution in [0.3, 0.4) is 0 Å². The first-order valence-electron chi connectivity index (χ1n) is 6.63. The summed E-state index contributed by atoms with van der Waals surface area (Å²) in [6.45, 7) is 4.03. The molecule has 1 aromatic rings. The lowest BCUT2D eigenvalue weighted by Gasteiger charge is -2.29. The Bertz CT molecular complexity index is 561. The molecule has 0 radical (unpaired) electrons. The van der Waals surface area contributed by atoms with Gasteiger partial charge in [-0.25, -0.2) is 0 Å². The first kappa shape index (κ1) is 13.8. The molecule has 0 aliphatic carbocycles. The van der Waals surface area contributed by atoms with Crippen LogP contribution in [0, 0.1) is 0 Å². The minimum absolute atomic E-state index is 0.0733. The van der Waals surface area contributed by atoms with Gasteiger partial charge in [0.05, 0.1) is 4.87 Å². The fourth-order valence-corrected chi connectivity index (χ4v) is 4.76. The summed E-state index contributed by atoms with van der Waals surface area (Å²) in [5, 5.41) is 12.1. The molecule has 3 rings (SSSR count). The van der Waals surface area contributed by atoms with E-state index < -0.39 is 6.04 Å². The zero-order chi connectivity index (χ0) is 14.3. The van der Waals surface area contributed by atoms with Crippen LogP contribution in [-0.4, -0.2) is 43.6 Å². The standard InChI is InChI=1S/C12H16N4O2S2/c1-3-8-14-15-11(20-8)13-10(18)7-6-19-12(2)5-4-9(17)16(7)12/h7H,3-6H2,1-2H3,(H,13,15,18)/t7-,12-/m0/s1. The van der Waals surface area contributed by atoms with Gasteiger partial charge in [0, 0.05) is 12.2 Å². The van der Waals surface area contributed by atoms with Crippen LogP contribution in [0.25, 0.3) is 0 Å². The number of carbonyl (C=O) groups excluding carboxylic acids is 2. The van der Waals surface area contributed by atoms with E-state index in [1.165, 1.54) is 11.3 Å². The lowest BCUT2D eigenvalue weighted by Crippen LogP contribution is -2.48. The van der Waals surface area contributed by atoms with Gasteiger partial charge in [0.1, 0.15) is 11.0 Å². The van der Waals surface area contributed by atoms with Crippen LogP contribution in [0.5, 0.6) is 0 Å². The number of hydrogen-bond acceptors (Lipinski definition) is 6. The SMILES string of the molecule is CCc1nnc(NC(=O)[C@@H]2CS[C@@]3(C)CCC(=O)N23)s1. The summed E-state index contributed by atoms with van der Waals surface area (Å²) in [6.07, 6.45) is 2.15. The molecule has 2 amide bonds. The highest BCUT2D eigenvalue weighted by Crippen LogP contribution is 2.47. The van der Waals surface area contributed by atoms with Crippen LogP contribution in [0.2, 0.25) is 0 Å². The lowest BCUT2D eigenvalue weighted by atomic mass is 10.2. The van der Waals surface area contributed by atoms with Crippen LogP contribution in [-0.2, 0) is 16.0 Å². The smallest absolute Gasteiger partial charge is 0.249 e. The Hall–Kier alpha value is -1.15. The van der Waals surface area contributed by atoms with Crippen molar-refractivity contribution < 1.29 is 9.59 Å². The van der Waals surface area contributed by atoms with E-state index in [1.54, 1.807) is 16.7 Å². The van der Waals surface area contributed by atoms with E-state index in [1.807, 2.05) is 13.8 Å². The van der Waals surface area contributed by atoms with E-state index in [4.69, 9.17) is 0 Å². The largest absolute Gasteiger partial charge is 0.315 e. The Morgan fingerprint density at radius 2 is 2.35 bits per heavy atom. The topological polar surface area (TPSA) is 75.2 Å². The summed E-state index contributed by atoms with van der Waals surface area (Å²) >= 11 is 3.07. The lowest BCUT2D eigenvalue weighted by molar-refractivity contribution is -0.135. The number of rotatable bonds is 3. The molecule has 8 heteroatoms. The molecule has 2 aliphatic heterocycles. The summed E-state index contributed by atoms with van der Waals surface area (Å²) in [5.41, 5.74) is 0. The van der Waals surface area contributed by atoms with E-state index in [-0.39, 0.29) is 16.7 Å². The van der Waals surface area contributed by atoms with E-state index in [9.17, 15) is 9.59 Å². The van der Waals surface area contributed by atoms with Crippen molar-refractivity contribution in [1.29, 1.82) is 0 Å². The second-order valence-electron chi connectivity index (χ2n) is 5.11. The zero-order valence-electron chi connectivity index (χ0n) is 11.4. The molecule has 1 N–H and O–H groups in total. The fraction of sp³-hybridized carbons (Fsp3) is 0.667. The highest BCUT2D eigenvalue weighted by molar-refractivity contribution is 8.01. The average Bonchev–Trinajstić information content (AvgIpc) is 3.07. The number of amides is 2. The first-order chi connectivity index (χ1) is 9.53. The average molecular weight is 312 g/mol. The van der Waals surface area contributed by atoms with Crippen molar-refractivity contribution in [3.63, 3.8) is 0 Å². The van der Waals surface area contributed by atoms with Crippen molar-refractivity contribution in [3.05, 3.63) is 5.01 Å². The number of hydrogen-bond donors (Lipinski definition) is 1. The fourth-order valence-electron chi connectivity index (χ4n) is 2.65. The number of aryl methyl sites for hydroxylation is 1. The summed E-state index contributed by atoms with van der Waals surface area (Å²) in [5.74, 6) is 0.562. The van der Waals surface area contributed by atoms with Gasteiger partial charge < -0.3 is 4.90 Å². The number of thioether (sulfide) groups is 1. The van der Waals surface area contributed by atoms with Crippen LogP contribution < -0.4 is 5.32 Å². The van der Waals surface area contributed by atoms with Crippen molar-refractivity contribution in [2.45, 2.75) is 44.0 Å². The van der Waals surface area contributed by atoms with Gasteiger partial charge in [0.25, 0.3) is 0 Å². The van der Waals surface area contributed by atoms with Crippen molar-refractivity contribution in [2.24, 2.45) is 0 Å². The molecule has 20 heavy (non-hydrogen) atoms. The molecule has 2 aliphatic rings. The van der Waals surface area contributed by atoms with Crippen LogP contribution in [0.4, 0.5) is 5.13 Å². The van der Waals surface area contributed by atoms with Gasteiger partial charge in [0.2, 0.25) is 16.9 Å². The molecule has 2 saturated heterocycles. The third kappa shape index (κ3) is 2.20. The highest BCUT2D eigenvalue weighted by atomic mass is 32.2. The minimum atomic E-state index is -0.394. The number of fused-ring (bicyclic) bond motifs is 1.